The van der Waals surface area contributed by atoms with Gasteiger partial charge in [-0.05, 0) is 20.8 Å². The Balaban J connectivity index is 2.88. The second-order valence-electron chi connectivity index (χ2n) is 4.14. The van der Waals surface area contributed by atoms with Crippen LogP contribution in [-0.4, -0.2) is 30.1 Å². The highest BCUT2D eigenvalue weighted by Crippen LogP contribution is 2.17. The molecule has 0 amide bonds. The Labute approximate surface area is 102 Å². The molecule has 1 atom stereocenters. The number of aromatic nitrogens is 2. The van der Waals surface area contributed by atoms with Gasteiger partial charge in [0.15, 0.2) is 0 Å². The van der Waals surface area contributed by atoms with E-state index in [1.165, 1.54) is 0 Å². The van der Waals surface area contributed by atoms with Crippen LogP contribution in [0, 0.1) is 24.2 Å². The third-order valence-corrected chi connectivity index (χ3v) is 2.41. The molecule has 5 heteroatoms. The van der Waals surface area contributed by atoms with Crippen LogP contribution in [0.25, 0.3) is 0 Å². The molecule has 0 radical (unpaired) electrons. The van der Waals surface area contributed by atoms with Crippen molar-refractivity contribution in [2.75, 3.05) is 30.4 Å². The fraction of sp³-hybridized carbons (Fsp3) is 0.583. The Bertz CT molecular complexity index is 410. The highest BCUT2D eigenvalue weighted by Gasteiger charge is 2.11. The zero-order chi connectivity index (χ0) is 12.8. The van der Waals surface area contributed by atoms with Crippen molar-refractivity contribution in [1.29, 1.82) is 5.26 Å². The average molecular weight is 233 g/mol. The Morgan fingerprint density at radius 2 is 2.29 bits per heavy atom. The van der Waals surface area contributed by atoms with E-state index in [4.69, 9.17) is 5.26 Å². The number of hydrogen-bond donors (Lipinski definition) is 1. The first-order valence-electron chi connectivity index (χ1n) is 5.76. The number of rotatable bonds is 5. The van der Waals surface area contributed by atoms with E-state index in [-0.39, 0.29) is 5.92 Å². The fourth-order valence-electron chi connectivity index (χ4n) is 1.60. The van der Waals surface area contributed by atoms with Gasteiger partial charge in [0.25, 0.3) is 0 Å². The minimum absolute atomic E-state index is 0.0167. The molecule has 17 heavy (non-hydrogen) atoms. The quantitative estimate of drug-likeness (QED) is 0.840. The van der Waals surface area contributed by atoms with Gasteiger partial charge in [0.2, 0.25) is 5.95 Å². The monoisotopic (exact) mass is 233 g/mol. The Hall–Kier alpha value is -1.83. The van der Waals surface area contributed by atoms with Crippen molar-refractivity contribution in [2.24, 2.45) is 5.92 Å². The smallest absolute Gasteiger partial charge is 0.224 e. The number of anilines is 2. The van der Waals surface area contributed by atoms with Gasteiger partial charge in [-0.25, -0.2) is 4.98 Å². The Morgan fingerprint density at radius 3 is 2.88 bits per heavy atom. The van der Waals surface area contributed by atoms with E-state index in [2.05, 4.69) is 21.4 Å². The van der Waals surface area contributed by atoms with Crippen molar-refractivity contribution >= 4 is 11.8 Å². The number of hydrogen-bond acceptors (Lipinski definition) is 5. The maximum Gasteiger partial charge on any atom is 0.224 e. The number of nitrogens with zero attached hydrogens (tertiary/aromatic N) is 4. The van der Waals surface area contributed by atoms with E-state index in [1.807, 2.05) is 32.7 Å². The minimum Gasteiger partial charge on any atom is -0.358 e. The van der Waals surface area contributed by atoms with Crippen molar-refractivity contribution in [1.82, 2.24) is 9.97 Å². The molecule has 0 aliphatic carbocycles. The van der Waals surface area contributed by atoms with Crippen LogP contribution in [0.5, 0.6) is 0 Å². The van der Waals surface area contributed by atoms with Gasteiger partial charge in [0, 0.05) is 31.9 Å². The average Bonchev–Trinajstić information content (AvgIpc) is 2.31. The van der Waals surface area contributed by atoms with E-state index >= 15 is 0 Å². The van der Waals surface area contributed by atoms with Crippen molar-refractivity contribution in [3.63, 3.8) is 0 Å². The molecule has 92 valence electrons. The molecule has 0 fully saturated rings. The van der Waals surface area contributed by atoms with Crippen molar-refractivity contribution in [2.45, 2.75) is 20.8 Å². The van der Waals surface area contributed by atoms with E-state index in [0.717, 1.165) is 17.9 Å². The lowest BCUT2D eigenvalue weighted by molar-refractivity contribution is 0.708. The van der Waals surface area contributed by atoms with Gasteiger partial charge in [-0.1, -0.05) is 0 Å². The van der Waals surface area contributed by atoms with Crippen molar-refractivity contribution in [3.8, 4) is 6.07 Å². The van der Waals surface area contributed by atoms with Crippen LogP contribution in [0.2, 0.25) is 0 Å². The van der Waals surface area contributed by atoms with E-state index in [1.54, 1.807) is 6.20 Å². The minimum atomic E-state index is -0.0167. The van der Waals surface area contributed by atoms with Gasteiger partial charge in [-0.2, -0.15) is 10.2 Å². The van der Waals surface area contributed by atoms with Crippen LogP contribution < -0.4 is 10.2 Å². The molecule has 1 aromatic heterocycles. The summed E-state index contributed by atoms with van der Waals surface area (Å²) in [6.45, 7) is 7.34. The zero-order valence-electron chi connectivity index (χ0n) is 10.9. The van der Waals surface area contributed by atoms with Crippen LogP contribution in [0.3, 0.4) is 0 Å². The standard InChI is InChI=1S/C12H19N5/c1-5-14-12-15-7-10(3)11(16-12)17(4)8-9(2)6-13/h7,9H,5,8H2,1-4H3,(H,14,15,16). The molecule has 0 aliphatic heterocycles. The van der Waals surface area contributed by atoms with Crippen molar-refractivity contribution in [3.05, 3.63) is 11.8 Å². The summed E-state index contributed by atoms with van der Waals surface area (Å²) in [5.74, 6) is 1.49. The molecule has 1 unspecified atom stereocenters. The van der Waals surface area contributed by atoms with Crippen LogP contribution in [0.4, 0.5) is 11.8 Å². The third kappa shape index (κ3) is 3.59. The van der Waals surface area contributed by atoms with E-state index in [0.29, 0.717) is 12.5 Å². The topological polar surface area (TPSA) is 64.8 Å². The molecule has 0 saturated heterocycles. The summed E-state index contributed by atoms with van der Waals surface area (Å²) >= 11 is 0. The van der Waals surface area contributed by atoms with Gasteiger partial charge >= 0.3 is 0 Å². The number of nitriles is 1. The molecule has 1 N–H and O–H groups in total. The summed E-state index contributed by atoms with van der Waals surface area (Å²) in [5.41, 5.74) is 1.01. The molecule has 1 aromatic rings. The van der Waals surface area contributed by atoms with Gasteiger partial charge in [-0.15, -0.1) is 0 Å². The Morgan fingerprint density at radius 1 is 1.59 bits per heavy atom. The fourth-order valence-corrected chi connectivity index (χ4v) is 1.60. The second-order valence-corrected chi connectivity index (χ2v) is 4.14. The summed E-state index contributed by atoms with van der Waals surface area (Å²) in [6, 6.07) is 2.22. The lowest BCUT2D eigenvalue weighted by Crippen LogP contribution is -2.25. The van der Waals surface area contributed by atoms with Crippen LogP contribution in [-0.2, 0) is 0 Å². The van der Waals surface area contributed by atoms with Crippen molar-refractivity contribution < 1.29 is 0 Å². The maximum absolute atomic E-state index is 8.82. The van der Waals surface area contributed by atoms with Crippen LogP contribution in [0.1, 0.15) is 19.4 Å². The zero-order valence-corrected chi connectivity index (χ0v) is 10.9. The second kappa shape index (κ2) is 6.04. The first kappa shape index (κ1) is 13.2. The third-order valence-electron chi connectivity index (χ3n) is 2.41. The summed E-state index contributed by atoms with van der Waals surface area (Å²) in [6.07, 6.45) is 1.80. The molecule has 1 heterocycles. The molecule has 0 aliphatic rings. The number of aryl methyl sites for hydroxylation is 1. The number of nitrogens with one attached hydrogen (secondary N) is 1. The SMILES string of the molecule is CCNc1ncc(C)c(N(C)CC(C)C#N)n1. The predicted octanol–water partition coefficient (Wildman–Crippen LogP) is 1.81. The molecule has 0 saturated carbocycles. The lowest BCUT2D eigenvalue weighted by atomic mass is 10.2. The lowest BCUT2D eigenvalue weighted by Gasteiger charge is -2.21. The molecule has 1 rings (SSSR count). The van der Waals surface area contributed by atoms with Gasteiger partial charge in [-0.3, -0.25) is 0 Å². The molecular weight excluding hydrogens is 214 g/mol. The van der Waals surface area contributed by atoms with E-state index in [9.17, 15) is 0 Å². The predicted molar refractivity (Wildman–Crippen MR) is 69.0 cm³/mol. The van der Waals surface area contributed by atoms with E-state index < -0.39 is 0 Å². The summed E-state index contributed by atoms with van der Waals surface area (Å²) in [7, 11) is 1.94. The Kier molecular flexibility index (Phi) is 4.70. The highest BCUT2D eigenvalue weighted by atomic mass is 15.2. The molecule has 0 aromatic carbocycles. The summed E-state index contributed by atoms with van der Waals surface area (Å²) in [4.78, 5) is 10.6. The maximum atomic E-state index is 8.82. The molecule has 0 spiro atoms. The molecule has 5 nitrogen and oxygen atoms in total. The van der Waals surface area contributed by atoms with Crippen LogP contribution >= 0.6 is 0 Å². The highest BCUT2D eigenvalue weighted by molar-refractivity contribution is 5.48. The van der Waals surface area contributed by atoms with Gasteiger partial charge in [0.05, 0.1) is 12.0 Å². The normalized spacial score (nSPS) is 11.7. The van der Waals surface area contributed by atoms with Crippen LogP contribution in [0.15, 0.2) is 6.20 Å². The largest absolute Gasteiger partial charge is 0.358 e. The summed E-state index contributed by atoms with van der Waals surface area (Å²) in [5, 5.41) is 11.9. The molecular formula is C12H19N5. The molecule has 0 bridgehead atoms. The first-order valence-corrected chi connectivity index (χ1v) is 5.76. The van der Waals surface area contributed by atoms with Gasteiger partial charge < -0.3 is 10.2 Å². The van der Waals surface area contributed by atoms with Gasteiger partial charge in [0.1, 0.15) is 5.82 Å². The summed E-state index contributed by atoms with van der Waals surface area (Å²) < 4.78 is 0. The first-order chi connectivity index (χ1) is 8.08.